The predicted octanol–water partition coefficient (Wildman–Crippen LogP) is 1.37. The SMILES string of the molecule is Cc1cc(C)c(C(=N)N)c(N(C)CC2CCN(C)C2)n1. The van der Waals surface area contributed by atoms with E-state index in [0.29, 0.717) is 5.92 Å². The molecule has 2 heterocycles. The van der Waals surface area contributed by atoms with Crippen LogP contribution in [0.3, 0.4) is 0 Å². The Labute approximate surface area is 121 Å². The Balaban J connectivity index is 2.24. The normalized spacial score (nSPS) is 19.3. The van der Waals surface area contributed by atoms with E-state index in [1.807, 2.05) is 27.0 Å². The van der Waals surface area contributed by atoms with Crippen LogP contribution in [-0.2, 0) is 0 Å². The number of nitrogens with one attached hydrogen (secondary N) is 1. The molecule has 1 atom stereocenters. The maximum absolute atomic E-state index is 7.80. The first kappa shape index (κ1) is 14.8. The highest BCUT2D eigenvalue weighted by atomic mass is 15.2. The van der Waals surface area contributed by atoms with Gasteiger partial charge in [0.25, 0.3) is 0 Å². The van der Waals surface area contributed by atoms with Crippen LogP contribution in [0.5, 0.6) is 0 Å². The molecule has 0 aliphatic carbocycles. The minimum atomic E-state index is 0.0976. The summed E-state index contributed by atoms with van der Waals surface area (Å²) in [6.07, 6.45) is 1.22. The summed E-state index contributed by atoms with van der Waals surface area (Å²) >= 11 is 0. The van der Waals surface area contributed by atoms with Crippen molar-refractivity contribution in [2.75, 3.05) is 38.6 Å². The molecule has 0 radical (unpaired) electrons. The maximum atomic E-state index is 7.80. The molecular weight excluding hydrogens is 250 g/mol. The lowest BCUT2D eigenvalue weighted by atomic mass is 10.1. The summed E-state index contributed by atoms with van der Waals surface area (Å²) in [6.45, 7) is 7.23. The highest BCUT2D eigenvalue weighted by Gasteiger charge is 2.23. The number of pyridine rings is 1. The molecule has 0 amide bonds. The fourth-order valence-electron chi connectivity index (χ4n) is 3.08. The van der Waals surface area contributed by atoms with Crippen molar-refractivity contribution in [2.24, 2.45) is 11.7 Å². The van der Waals surface area contributed by atoms with Crippen molar-refractivity contribution in [1.29, 1.82) is 5.41 Å². The van der Waals surface area contributed by atoms with Gasteiger partial charge in [0.1, 0.15) is 11.7 Å². The van der Waals surface area contributed by atoms with E-state index in [-0.39, 0.29) is 5.84 Å². The third-order valence-electron chi connectivity index (χ3n) is 3.98. The molecule has 1 saturated heterocycles. The first-order chi connectivity index (χ1) is 9.38. The summed E-state index contributed by atoms with van der Waals surface area (Å²) in [5.74, 6) is 1.59. The van der Waals surface area contributed by atoms with E-state index in [1.165, 1.54) is 13.0 Å². The fourth-order valence-corrected chi connectivity index (χ4v) is 3.08. The number of nitrogens with two attached hydrogens (primary N) is 1. The zero-order chi connectivity index (χ0) is 14.9. The van der Waals surface area contributed by atoms with Gasteiger partial charge < -0.3 is 15.5 Å². The Hall–Kier alpha value is -1.62. The van der Waals surface area contributed by atoms with Gasteiger partial charge in [0.05, 0.1) is 5.56 Å². The van der Waals surface area contributed by atoms with Crippen LogP contribution in [0.15, 0.2) is 6.07 Å². The zero-order valence-electron chi connectivity index (χ0n) is 12.9. The van der Waals surface area contributed by atoms with Crippen LogP contribution in [0.25, 0.3) is 0 Å². The molecular formula is C15H25N5. The van der Waals surface area contributed by atoms with Crippen LogP contribution in [0.2, 0.25) is 0 Å². The van der Waals surface area contributed by atoms with E-state index in [4.69, 9.17) is 11.1 Å². The zero-order valence-corrected chi connectivity index (χ0v) is 12.9. The van der Waals surface area contributed by atoms with E-state index < -0.39 is 0 Å². The van der Waals surface area contributed by atoms with Crippen LogP contribution in [0.1, 0.15) is 23.2 Å². The molecule has 5 nitrogen and oxygen atoms in total. The monoisotopic (exact) mass is 275 g/mol. The second-order valence-electron chi connectivity index (χ2n) is 5.99. The minimum Gasteiger partial charge on any atom is -0.384 e. The Morgan fingerprint density at radius 1 is 1.55 bits per heavy atom. The molecule has 0 spiro atoms. The second-order valence-corrected chi connectivity index (χ2v) is 5.99. The summed E-state index contributed by atoms with van der Waals surface area (Å²) < 4.78 is 0. The van der Waals surface area contributed by atoms with Crippen molar-refractivity contribution in [3.8, 4) is 0 Å². The number of anilines is 1. The van der Waals surface area contributed by atoms with Crippen LogP contribution in [-0.4, -0.2) is 49.4 Å². The van der Waals surface area contributed by atoms with Gasteiger partial charge in [-0.2, -0.15) is 0 Å². The van der Waals surface area contributed by atoms with Crippen molar-refractivity contribution in [3.05, 3.63) is 22.9 Å². The quantitative estimate of drug-likeness (QED) is 0.643. The van der Waals surface area contributed by atoms with Crippen LogP contribution in [0, 0.1) is 25.2 Å². The Kier molecular flexibility index (Phi) is 4.28. The molecule has 1 unspecified atom stereocenters. The third kappa shape index (κ3) is 3.10. The van der Waals surface area contributed by atoms with Crippen molar-refractivity contribution in [1.82, 2.24) is 9.88 Å². The Bertz CT molecular complexity index is 511. The average Bonchev–Trinajstić information content (AvgIpc) is 2.72. The molecule has 20 heavy (non-hydrogen) atoms. The van der Waals surface area contributed by atoms with E-state index in [1.54, 1.807) is 0 Å². The van der Waals surface area contributed by atoms with Crippen LogP contribution >= 0.6 is 0 Å². The number of likely N-dealkylation sites (tertiary alicyclic amines) is 1. The summed E-state index contributed by atoms with van der Waals surface area (Å²) in [5.41, 5.74) is 8.50. The number of aromatic nitrogens is 1. The summed E-state index contributed by atoms with van der Waals surface area (Å²) in [7, 11) is 4.21. The first-order valence-corrected chi connectivity index (χ1v) is 7.10. The smallest absolute Gasteiger partial charge is 0.139 e. The van der Waals surface area contributed by atoms with Crippen molar-refractivity contribution in [3.63, 3.8) is 0 Å². The summed E-state index contributed by atoms with van der Waals surface area (Å²) in [4.78, 5) is 9.12. The van der Waals surface area contributed by atoms with Crippen molar-refractivity contribution in [2.45, 2.75) is 20.3 Å². The van der Waals surface area contributed by atoms with Crippen LogP contribution in [0.4, 0.5) is 5.82 Å². The number of hydrogen-bond donors (Lipinski definition) is 2. The fraction of sp³-hybridized carbons (Fsp3) is 0.600. The average molecular weight is 275 g/mol. The third-order valence-corrected chi connectivity index (χ3v) is 3.98. The number of nitrogen functional groups attached to an aromatic ring is 1. The van der Waals surface area contributed by atoms with Gasteiger partial charge in [-0.15, -0.1) is 0 Å². The maximum Gasteiger partial charge on any atom is 0.139 e. The standard InChI is InChI=1S/C15H25N5/c1-10-7-11(2)18-15(13(10)14(16)17)20(4)9-12-5-6-19(3)8-12/h7,12H,5-6,8-9H2,1-4H3,(H3,16,17). The lowest BCUT2D eigenvalue weighted by molar-refractivity contribution is 0.395. The Morgan fingerprint density at radius 2 is 2.25 bits per heavy atom. The molecule has 0 aromatic carbocycles. The van der Waals surface area contributed by atoms with Gasteiger partial charge in [0, 0.05) is 25.8 Å². The van der Waals surface area contributed by atoms with Crippen molar-refractivity contribution < 1.29 is 0 Å². The number of amidine groups is 1. The molecule has 2 rings (SSSR count). The molecule has 1 aromatic rings. The van der Waals surface area contributed by atoms with Crippen LogP contribution < -0.4 is 10.6 Å². The van der Waals surface area contributed by atoms with E-state index >= 15 is 0 Å². The van der Waals surface area contributed by atoms with Gasteiger partial charge in [0.2, 0.25) is 0 Å². The number of hydrogen-bond acceptors (Lipinski definition) is 4. The van der Waals surface area contributed by atoms with Gasteiger partial charge in [-0.1, -0.05) is 0 Å². The highest BCUT2D eigenvalue weighted by Crippen LogP contribution is 2.24. The molecule has 1 aromatic heterocycles. The number of rotatable bonds is 4. The molecule has 0 saturated carbocycles. The van der Waals surface area contributed by atoms with E-state index in [9.17, 15) is 0 Å². The largest absolute Gasteiger partial charge is 0.384 e. The topological polar surface area (TPSA) is 69.2 Å². The van der Waals surface area contributed by atoms with Crippen molar-refractivity contribution >= 4 is 11.7 Å². The molecule has 3 N–H and O–H groups in total. The van der Waals surface area contributed by atoms with E-state index in [2.05, 4.69) is 21.8 Å². The molecule has 1 aliphatic rings. The number of nitrogens with zero attached hydrogens (tertiary/aromatic N) is 3. The second kappa shape index (κ2) is 5.79. The minimum absolute atomic E-state index is 0.0976. The predicted molar refractivity (Wildman–Crippen MR) is 83.6 cm³/mol. The summed E-state index contributed by atoms with van der Waals surface area (Å²) in [6, 6.07) is 1.98. The first-order valence-electron chi connectivity index (χ1n) is 7.10. The molecule has 5 heteroatoms. The Morgan fingerprint density at radius 3 is 2.80 bits per heavy atom. The van der Waals surface area contributed by atoms with Gasteiger partial charge in [-0.05, 0) is 51.4 Å². The van der Waals surface area contributed by atoms with Gasteiger partial charge in [-0.25, -0.2) is 4.98 Å². The number of aryl methyl sites for hydroxylation is 2. The lowest BCUT2D eigenvalue weighted by Crippen LogP contribution is -2.30. The molecule has 0 bridgehead atoms. The van der Waals surface area contributed by atoms with Gasteiger partial charge in [0.15, 0.2) is 0 Å². The van der Waals surface area contributed by atoms with Gasteiger partial charge >= 0.3 is 0 Å². The summed E-state index contributed by atoms with van der Waals surface area (Å²) in [5, 5.41) is 7.80. The van der Waals surface area contributed by atoms with Gasteiger partial charge in [-0.3, -0.25) is 5.41 Å². The van der Waals surface area contributed by atoms with E-state index in [0.717, 1.165) is 35.7 Å². The molecule has 110 valence electrons. The lowest BCUT2D eigenvalue weighted by Gasteiger charge is -2.25. The highest BCUT2D eigenvalue weighted by molar-refractivity contribution is 6.01. The molecule has 1 fully saturated rings. The molecule has 1 aliphatic heterocycles.